The van der Waals surface area contributed by atoms with E-state index in [2.05, 4.69) is 18.7 Å². The molecule has 1 fully saturated rings. The summed E-state index contributed by atoms with van der Waals surface area (Å²) in [5, 5.41) is 0. The highest BCUT2D eigenvalue weighted by Gasteiger charge is 2.34. The molecule has 1 heterocycles. The summed E-state index contributed by atoms with van der Waals surface area (Å²) < 4.78 is 13.2. The van der Waals surface area contributed by atoms with E-state index in [1.807, 2.05) is 0 Å². The number of hydrogen-bond acceptors (Lipinski definition) is 1. The second-order valence-corrected chi connectivity index (χ2v) is 3.73. The summed E-state index contributed by atoms with van der Waals surface area (Å²) in [6, 6.07) is 0.498. The van der Waals surface area contributed by atoms with E-state index in [4.69, 9.17) is 0 Å². The van der Waals surface area contributed by atoms with E-state index in [-0.39, 0.29) is 0 Å². The Balaban J connectivity index is 2.43. The molecule has 0 amide bonds. The summed E-state index contributed by atoms with van der Waals surface area (Å²) in [6.45, 7) is 7.45. The first-order chi connectivity index (χ1) is 4.51. The molecule has 0 N–H and O–H groups in total. The highest BCUT2D eigenvalue weighted by Crippen LogP contribution is 2.25. The van der Waals surface area contributed by atoms with Gasteiger partial charge in [0.2, 0.25) is 0 Å². The van der Waals surface area contributed by atoms with Crippen LogP contribution >= 0.6 is 0 Å². The van der Waals surface area contributed by atoms with Crippen molar-refractivity contribution in [3.63, 3.8) is 0 Å². The van der Waals surface area contributed by atoms with Gasteiger partial charge in [-0.25, -0.2) is 4.39 Å². The summed E-state index contributed by atoms with van der Waals surface area (Å²) in [4.78, 5) is 2.18. The lowest BCUT2D eigenvalue weighted by Crippen LogP contribution is -2.31. The molecule has 0 aromatic rings. The van der Waals surface area contributed by atoms with E-state index >= 15 is 0 Å². The van der Waals surface area contributed by atoms with Crippen molar-refractivity contribution in [2.45, 2.75) is 38.9 Å². The lowest BCUT2D eigenvalue weighted by molar-refractivity contribution is 0.174. The summed E-state index contributed by atoms with van der Waals surface area (Å²) in [5.74, 6) is 0. The van der Waals surface area contributed by atoms with Crippen molar-refractivity contribution >= 4 is 0 Å². The number of rotatable bonds is 1. The average molecular weight is 145 g/mol. The van der Waals surface area contributed by atoms with Crippen LogP contribution in [0.3, 0.4) is 0 Å². The molecule has 0 radical (unpaired) electrons. The van der Waals surface area contributed by atoms with Crippen LogP contribution < -0.4 is 0 Å². The molecular formula is C8H16FN. The molecule has 1 saturated heterocycles. The van der Waals surface area contributed by atoms with Crippen LogP contribution in [-0.2, 0) is 0 Å². The molecule has 10 heavy (non-hydrogen) atoms. The predicted octanol–water partition coefficient (Wildman–Crippen LogP) is 1.83. The zero-order valence-electron chi connectivity index (χ0n) is 7.02. The molecule has 0 spiro atoms. The van der Waals surface area contributed by atoms with Gasteiger partial charge < -0.3 is 0 Å². The fraction of sp³-hybridized carbons (Fsp3) is 1.00. The van der Waals surface area contributed by atoms with E-state index in [9.17, 15) is 4.39 Å². The molecule has 2 heteroatoms. The Bertz CT molecular complexity index is 120. The largest absolute Gasteiger partial charge is 0.298 e. The number of hydrogen-bond donors (Lipinski definition) is 0. The zero-order valence-corrected chi connectivity index (χ0v) is 7.02. The van der Waals surface area contributed by atoms with Crippen LogP contribution in [0.25, 0.3) is 0 Å². The maximum absolute atomic E-state index is 13.2. The number of alkyl halides is 1. The topological polar surface area (TPSA) is 3.24 Å². The molecule has 0 aromatic carbocycles. The molecule has 1 aliphatic rings. The van der Waals surface area contributed by atoms with Gasteiger partial charge in [-0.3, -0.25) is 4.90 Å². The molecule has 0 aromatic heterocycles. The van der Waals surface area contributed by atoms with E-state index in [1.165, 1.54) is 0 Å². The van der Waals surface area contributed by atoms with Gasteiger partial charge in [-0.05, 0) is 27.2 Å². The molecule has 1 aliphatic heterocycles. The van der Waals surface area contributed by atoms with Gasteiger partial charge >= 0.3 is 0 Å². The Kier molecular flexibility index (Phi) is 1.99. The Morgan fingerprint density at radius 2 is 2.10 bits per heavy atom. The minimum Gasteiger partial charge on any atom is -0.298 e. The lowest BCUT2D eigenvalue weighted by atomic mass is 10.1. The molecule has 1 unspecified atom stereocenters. The number of halogens is 1. The minimum absolute atomic E-state index is 0.498. The van der Waals surface area contributed by atoms with Gasteiger partial charge in [-0.1, -0.05) is 0 Å². The Labute approximate surface area is 62.2 Å². The monoisotopic (exact) mass is 145 g/mol. The standard InChI is InChI=1S/C8H16FN/c1-7(2)10-5-4-8(3,9)6-10/h7H,4-6H2,1-3H3. The maximum Gasteiger partial charge on any atom is 0.122 e. The molecule has 0 aliphatic carbocycles. The van der Waals surface area contributed by atoms with E-state index in [0.29, 0.717) is 19.0 Å². The van der Waals surface area contributed by atoms with Crippen molar-refractivity contribution in [3.8, 4) is 0 Å². The van der Waals surface area contributed by atoms with Gasteiger partial charge in [0.1, 0.15) is 5.67 Å². The van der Waals surface area contributed by atoms with Gasteiger partial charge in [-0.15, -0.1) is 0 Å². The average Bonchev–Trinajstić information content (AvgIpc) is 2.10. The summed E-state index contributed by atoms with van der Waals surface area (Å²) in [5.41, 5.74) is -0.926. The van der Waals surface area contributed by atoms with Gasteiger partial charge in [0.15, 0.2) is 0 Å². The number of likely N-dealkylation sites (tertiary alicyclic amines) is 1. The van der Waals surface area contributed by atoms with Gasteiger partial charge in [0, 0.05) is 19.1 Å². The summed E-state index contributed by atoms with van der Waals surface area (Å²) in [7, 11) is 0. The zero-order chi connectivity index (χ0) is 7.78. The van der Waals surface area contributed by atoms with Crippen LogP contribution in [0.5, 0.6) is 0 Å². The first-order valence-electron chi connectivity index (χ1n) is 3.94. The summed E-state index contributed by atoms with van der Waals surface area (Å²) >= 11 is 0. The number of nitrogens with zero attached hydrogens (tertiary/aromatic N) is 1. The van der Waals surface area contributed by atoms with Crippen LogP contribution in [0.1, 0.15) is 27.2 Å². The Hall–Kier alpha value is -0.110. The fourth-order valence-corrected chi connectivity index (χ4v) is 1.40. The third-order valence-electron chi connectivity index (χ3n) is 2.18. The van der Waals surface area contributed by atoms with E-state index in [0.717, 1.165) is 6.54 Å². The lowest BCUT2D eigenvalue weighted by Gasteiger charge is -2.20. The summed E-state index contributed by atoms with van der Waals surface area (Å²) in [6.07, 6.45) is 0.700. The van der Waals surface area contributed by atoms with Crippen molar-refractivity contribution < 1.29 is 4.39 Å². The third-order valence-corrected chi connectivity index (χ3v) is 2.18. The van der Waals surface area contributed by atoms with Gasteiger partial charge in [0.25, 0.3) is 0 Å². The SMILES string of the molecule is CC(C)N1CCC(C)(F)C1. The van der Waals surface area contributed by atoms with Crippen molar-refractivity contribution in [2.75, 3.05) is 13.1 Å². The Morgan fingerprint density at radius 3 is 2.30 bits per heavy atom. The van der Waals surface area contributed by atoms with E-state index in [1.54, 1.807) is 6.92 Å². The molecule has 0 saturated carbocycles. The first kappa shape index (κ1) is 7.99. The molecular weight excluding hydrogens is 129 g/mol. The second kappa shape index (κ2) is 2.50. The molecule has 1 rings (SSSR count). The van der Waals surface area contributed by atoms with Crippen LogP contribution in [0.15, 0.2) is 0 Å². The van der Waals surface area contributed by atoms with Crippen molar-refractivity contribution in [2.24, 2.45) is 0 Å². The molecule has 0 bridgehead atoms. The molecule has 60 valence electrons. The van der Waals surface area contributed by atoms with Crippen LogP contribution in [0.4, 0.5) is 4.39 Å². The first-order valence-corrected chi connectivity index (χ1v) is 3.94. The van der Waals surface area contributed by atoms with E-state index < -0.39 is 5.67 Å². The quantitative estimate of drug-likeness (QED) is 0.544. The maximum atomic E-state index is 13.2. The smallest absolute Gasteiger partial charge is 0.122 e. The molecule has 1 nitrogen and oxygen atoms in total. The van der Waals surface area contributed by atoms with Crippen LogP contribution in [-0.4, -0.2) is 29.7 Å². The highest BCUT2D eigenvalue weighted by atomic mass is 19.1. The van der Waals surface area contributed by atoms with Crippen LogP contribution in [0.2, 0.25) is 0 Å². The highest BCUT2D eigenvalue weighted by molar-refractivity contribution is 4.87. The normalized spacial score (nSPS) is 35.7. The fourth-order valence-electron chi connectivity index (χ4n) is 1.40. The third kappa shape index (κ3) is 1.69. The van der Waals surface area contributed by atoms with Gasteiger partial charge in [-0.2, -0.15) is 0 Å². The van der Waals surface area contributed by atoms with Crippen LogP contribution in [0, 0.1) is 0 Å². The van der Waals surface area contributed by atoms with Crippen molar-refractivity contribution in [1.82, 2.24) is 4.90 Å². The second-order valence-electron chi connectivity index (χ2n) is 3.73. The molecule has 1 atom stereocenters. The van der Waals surface area contributed by atoms with Gasteiger partial charge in [0.05, 0.1) is 0 Å². The minimum atomic E-state index is -0.926. The van der Waals surface area contributed by atoms with Crippen molar-refractivity contribution in [1.29, 1.82) is 0 Å². The Morgan fingerprint density at radius 1 is 1.50 bits per heavy atom. The predicted molar refractivity (Wildman–Crippen MR) is 40.8 cm³/mol. The van der Waals surface area contributed by atoms with Crippen molar-refractivity contribution in [3.05, 3.63) is 0 Å².